The SMILES string of the molecule is CCNc1cc(B2OC(C)(C)C(C)(C)O2)cc(N2Cc3c(cccc3C(F)(F)F)C2=O)c1. The van der Waals surface area contributed by atoms with E-state index in [4.69, 9.17) is 9.31 Å². The number of benzene rings is 2. The Hall–Kier alpha value is -2.52. The number of nitrogens with zero attached hydrogens (tertiary/aromatic N) is 1. The smallest absolute Gasteiger partial charge is 0.399 e. The number of rotatable bonds is 4. The number of hydrogen-bond acceptors (Lipinski definition) is 4. The molecule has 2 heterocycles. The minimum Gasteiger partial charge on any atom is -0.399 e. The van der Waals surface area contributed by atoms with E-state index in [1.807, 2.05) is 40.7 Å². The fourth-order valence-electron chi connectivity index (χ4n) is 4.02. The van der Waals surface area contributed by atoms with Gasteiger partial charge in [0.25, 0.3) is 5.91 Å². The highest BCUT2D eigenvalue weighted by Crippen LogP contribution is 2.40. The van der Waals surface area contributed by atoms with Gasteiger partial charge in [-0.15, -0.1) is 0 Å². The molecule has 0 bridgehead atoms. The van der Waals surface area contributed by atoms with Crippen molar-refractivity contribution in [3.05, 3.63) is 53.1 Å². The average Bonchev–Trinajstić information content (AvgIpc) is 3.14. The van der Waals surface area contributed by atoms with Gasteiger partial charge < -0.3 is 19.5 Å². The van der Waals surface area contributed by atoms with Gasteiger partial charge in [0.05, 0.1) is 23.3 Å². The summed E-state index contributed by atoms with van der Waals surface area (Å²) in [6.07, 6.45) is -4.53. The van der Waals surface area contributed by atoms with Gasteiger partial charge >= 0.3 is 13.3 Å². The predicted octanol–water partition coefficient (Wildman–Crippen LogP) is 4.60. The largest absolute Gasteiger partial charge is 0.494 e. The van der Waals surface area contributed by atoms with Crippen LogP contribution in [0.4, 0.5) is 24.5 Å². The number of alkyl halides is 3. The zero-order chi connectivity index (χ0) is 23.5. The van der Waals surface area contributed by atoms with E-state index in [1.54, 1.807) is 12.1 Å². The second-order valence-electron chi connectivity index (χ2n) is 9.15. The van der Waals surface area contributed by atoms with Crippen LogP contribution in [0.25, 0.3) is 0 Å². The number of carbonyl (C=O) groups excluding carboxylic acids is 1. The second kappa shape index (κ2) is 7.52. The predicted molar refractivity (Wildman–Crippen MR) is 118 cm³/mol. The molecular formula is C23H26BF3N2O3. The van der Waals surface area contributed by atoms with Crippen LogP contribution >= 0.6 is 0 Å². The molecule has 2 aliphatic rings. The first-order valence-corrected chi connectivity index (χ1v) is 10.6. The van der Waals surface area contributed by atoms with Gasteiger partial charge in [-0.05, 0) is 76.0 Å². The summed E-state index contributed by atoms with van der Waals surface area (Å²) >= 11 is 0. The summed E-state index contributed by atoms with van der Waals surface area (Å²) in [5.41, 5.74) is 0.108. The van der Waals surface area contributed by atoms with Crippen LogP contribution < -0.4 is 15.7 Å². The van der Waals surface area contributed by atoms with Crippen molar-refractivity contribution in [2.75, 3.05) is 16.8 Å². The van der Waals surface area contributed by atoms with Crippen molar-refractivity contribution in [2.45, 2.75) is 58.5 Å². The Morgan fingerprint density at radius 1 is 1.09 bits per heavy atom. The maximum absolute atomic E-state index is 13.5. The summed E-state index contributed by atoms with van der Waals surface area (Å²) in [4.78, 5) is 14.4. The Morgan fingerprint density at radius 2 is 1.75 bits per heavy atom. The van der Waals surface area contributed by atoms with Crippen LogP contribution in [0.1, 0.15) is 56.1 Å². The summed E-state index contributed by atoms with van der Waals surface area (Å²) < 4.78 is 52.8. The summed E-state index contributed by atoms with van der Waals surface area (Å²) in [5.74, 6) is -0.459. The van der Waals surface area contributed by atoms with Crippen LogP contribution in [-0.2, 0) is 22.0 Å². The quantitative estimate of drug-likeness (QED) is 0.698. The fourth-order valence-corrected chi connectivity index (χ4v) is 4.02. The molecule has 4 rings (SSSR count). The van der Waals surface area contributed by atoms with E-state index < -0.39 is 36.0 Å². The lowest BCUT2D eigenvalue weighted by molar-refractivity contribution is -0.138. The van der Waals surface area contributed by atoms with Crippen molar-refractivity contribution in [3.63, 3.8) is 0 Å². The zero-order valence-electron chi connectivity index (χ0n) is 18.8. The number of anilines is 2. The van der Waals surface area contributed by atoms with Gasteiger partial charge in [0.2, 0.25) is 0 Å². The Bertz CT molecular complexity index is 1050. The Labute approximate surface area is 186 Å². The summed E-state index contributed by atoms with van der Waals surface area (Å²) in [6.45, 7) is 10.2. The van der Waals surface area contributed by atoms with Crippen LogP contribution in [0.2, 0.25) is 0 Å². The minimum atomic E-state index is -4.53. The van der Waals surface area contributed by atoms with E-state index in [0.29, 0.717) is 17.7 Å². The summed E-state index contributed by atoms with van der Waals surface area (Å²) in [5, 5.41) is 3.22. The van der Waals surface area contributed by atoms with Gasteiger partial charge in [0, 0.05) is 23.5 Å². The van der Waals surface area contributed by atoms with Gasteiger partial charge in [-0.1, -0.05) is 6.07 Å². The third-order valence-electron chi connectivity index (χ3n) is 6.43. The van der Waals surface area contributed by atoms with Crippen molar-refractivity contribution < 1.29 is 27.3 Å². The number of hydrogen-bond donors (Lipinski definition) is 1. The Balaban J connectivity index is 1.74. The van der Waals surface area contributed by atoms with Crippen LogP contribution in [0.15, 0.2) is 36.4 Å². The third kappa shape index (κ3) is 3.77. The monoisotopic (exact) mass is 446 g/mol. The molecule has 5 nitrogen and oxygen atoms in total. The Morgan fingerprint density at radius 3 is 2.34 bits per heavy atom. The highest BCUT2D eigenvalue weighted by molar-refractivity contribution is 6.62. The van der Waals surface area contributed by atoms with Crippen molar-refractivity contribution in [1.82, 2.24) is 0 Å². The first kappa shape index (κ1) is 22.7. The molecule has 9 heteroatoms. The molecule has 1 amide bonds. The van der Waals surface area contributed by atoms with E-state index in [-0.39, 0.29) is 17.7 Å². The minimum absolute atomic E-state index is 0.00367. The van der Waals surface area contributed by atoms with E-state index in [2.05, 4.69) is 5.32 Å². The molecule has 170 valence electrons. The molecule has 1 fully saturated rings. The van der Waals surface area contributed by atoms with Crippen LogP contribution in [-0.4, -0.2) is 30.8 Å². The summed E-state index contributed by atoms with van der Waals surface area (Å²) in [6, 6.07) is 9.11. The summed E-state index contributed by atoms with van der Waals surface area (Å²) in [7, 11) is -0.664. The fraction of sp³-hybridized carbons (Fsp3) is 0.435. The topological polar surface area (TPSA) is 50.8 Å². The molecule has 0 aliphatic carbocycles. The molecule has 1 saturated heterocycles. The first-order valence-electron chi connectivity index (χ1n) is 10.6. The zero-order valence-corrected chi connectivity index (χ0v) is 18.8. The molecule has 1 N–H and O–H groups in total. The lowest BCUT2D eigenvalue weighted by Crippen LogP contribution is -2.41. The van der Waals surface area contributed by atoms with Crippen molar-refractivity contribution in [2.24, 2.45) is 0 Å². The van der Waals surface area contributed by atoms with E-state index in [0.717, 1.165) is 11.8 Å². The number of carbonyl (C=O) groups is 1. The van der Waals surface area contributed by atoms with E-state index in [9.17, 15) is 18.0 Å². The number of fused-ring (bicyclic) bond motifs is 1. The van der Waals surface area contributed by atoms with Gasteiger partial charge in [0.1, 0.15) is 0 Å². The van der Waals surface area contributed by atoms with Crippen LogP contribution in [0.3, 0.4) is 0 Å². The van der Waals surface area contributed by atoms with Gasteiger partial charge in [-0.2, -0.15) is 13.2 Å². The number of halogens is 3. The van der Waals surface area contributed by atoms with Crippen molar-refractivity contribution in [1.29, 1.82) is 0 Å². The molecular weight excluding hydrogens is 420 g/mol. The number of nitrogens with one attached hydrogen (secondary N) is 1. The van der Waals surface area contributed by atoms with Gasteiger partial charge in [-0.3, -0.25) is 4.79 Å². The van der Waals surface area contributed by atoms with Crippen LogP contribution in [0, 0.1) is 0 Å². The standard InChI is InChI=1S/C23H26BF3N2O3/c1-6-28-15-10-14(24-31-21(2,3)22(4,5)32-24)11-16(12-15)29-13-18-17(20(29)30)8-7-9-19(18)23(25,26)27/h7-12,28H,6,13H2,1-5H3. The van der Waals surface area contributed by atoms with Crippen LogP contribution in [0.5, 0.6) is 0 Å². The number of amides is 1. The van der Waals surface area contributed by atoms with E-state index in [1.165, 1.54) is 17.0 Å². The highest BCUT2D eigenvalue weighted by atomic mass is 19.4. The highest BCUT2D eigenvalue weighted by Gasteiger charge is 2.52. The Kier molecular flexibility index (Phi) is 5.33. The molecule has 0 aromatic heterocycles. The molecule has 0 unspecified atom stereocenters. The first-order chi connectivity index (χ1) is 14.8. The maximum Gasteiger partial charge on any atom is 0.494 e. The molecule has 32 heavy (non-hydrogen) atoms. The second-order valence-corrected chi connectivity index (χ2v) is 9.15. The average molecular weight is 446 g/mol. The van der Waals surface area contributed by atoms with Crippen molar-refractivity contribution >= 4 is 29.9 Å². The molecule has 0 spiro atoms. The van der Waals surface area contributed by atoms with Crippen molar-refractivity contribution in [3.8, 4) is 0 Å². The lowest BCUT2D eigenvalue weighted by atomic mass is 9.78. The molecule has 2 aromatic rings. The van der Waals surface area contributed by atoms with Gasteiger partial charge in [0.15, 0.2) is 0 Å². The normalized spacial score (nSPS) is 19.4. The van der Waals surface area contributed by atoms with Gasteiger partial charge in [-0.25, -0.2) is 0 Å². The molecule has 0 radical (unpaired) electrons. The van der Waals surface area contributed by atoms with E-state index >= 15 is 0 Å². The lowest BCUT2D eigenvalue weighted by Gasteiger charge is -2.32. The molecule has 2 aromatic carbocycles. The third-order valence-corrected chi connectivity index (χ3v) is 6.43. The molecule has 2 aliphatic heterocycles. The molecule has 0 saturated carbocycles. The molecule has 0 atom stereocenters. The maximum atomic E-state index is 13.5.